The van der Waals surface area contributed by atoms with Crippen LogP contribution >= 0.6 is 11.6 Å². The molecule has 3 N–H and O–H groups in total. The van der Waals surface area contributed by atoms with E-state index in [4.69, 9.17) is 21.1 Å². The van der Waals surface area contributed by atoms with Crippen molar-refractivity contribution >= 4 is 52.1 Å². The van der Waals surface area contributed by atoms with Crippen molar-refractivity contribution in [3.8, 4) is 0 Å². The molecule has 3 amide bonds. The Morgan fingerprint density at radius 3 is 2.50 bits per heavy atom. The van der Waals surface area contributed by atoms with Gasteiger partial charge < -0.3 is 30.0 Å². The fourth-order valence-corrected chi connectivity index (χ4v) is 4.96. The summed E-state index contributed by atoms with van der Waals surface area (Å²) in [5.41, 5.74) is 3.35. The second kappa shape index (κ2) is 15.6. The number of esters is 1. The number of rotatable bonds is 13. The summed E-state index contributed by atoms with van der Waals surface area (Å²) in [6.07, 6.45) is 0.538. The first kappa shape index (κ1) is 32.1. The molecule has 0 aliphatic rings. The second-order valence-electron chi connectivity index (χ2n) is 10.2. The van der Waals surface area contributed by atoms with E-state index in [0.717, 1.165) is 22.0 Å². The van der Waals surface area contributed by atoms with Crippen molar-refractivity contribution in [1.29, 1.82) is 0 Å². The molecule has 0 aliphatic heterocycles. The topological polar surface area (TPSA) is 128 Å². The molecule has 0 aliphatic carbocycles. The molecule has 1 aromatic heterocycles. The van der Waals surface area contributed by atoms with E-state index < -0.39 is 23.9 Å². The van der Waals surface area contributed by atoms with E-state index in [1.54, 1.807) is 54.1 Å². The van der Waals surface area contributed by atoms with Gasteiger partial charge in [0.05, 0.1) is 7.11 Å². The quantitative estimate of drug-likeness (QED) is 0.136. The number of hydrogen-bond donors (Lipinski definition) is 3. The Kier molecular flexibility index (Phi) is 11.4. The summed E-state index contributed by atoms with van der Waals surface area (Å²) in [6, 6.07) is 22.7. The van der Waals surface area contributed by atoms with Gasteiger partial charge in [-0.25, -0.2) is 4.79 Å². The number of aryl methyl sites for hydroxylation is 2. The number of para-hydroxylation sites is 2. The average Bonchev–Trinajstić information content (AvgIpc) is 3.37. The third kappa shape index (κ3) is 8.84. The molecule has 1 atom stereocenters. The molecular weight excluding hydrogens is 584 g/mol. The summed E-state index contributed by atoms with van der Waals surface area (Å²) < 4.78 is 11.8. The van der Waals surface area contributed by atoms with Gasteiger partial charge in [-0.3, -0.25) is 14.4 Å². The minimum absolute atomic E-state index is 0.0634. The minimum atomic E-state index is -0.918. The molecule has 0 spiro atoms. The molecule has 44 heavy (non-hydrogen) atoms. The van der Waals surface area contributed by atoms with Crippen molar-refractivity contribution in [3.05, 3.63) is 101 Å². The van der Waals surface area contributed by atoms with Crippen LogP contribution in [-0.2, 0) is 39.1 Å². The highest BCUT2D eigenvalue weighted by Gasteiger charge is 2.24. The number of alkyl carbamates (subject to hydrolysis) is 1. The lowest BCUT2D eigenvalue weighted by atomic mass is 10.1. The van der Waals surface area contributed by atoms with Crippen LogP contribution in [0.1, 0.15) is 40.9 Å². The highest BCUT2D eigenvalue weighted by Crippen LogP contribution is 2.20. The Morgan fingerprint density at radius 2 is 1.73 bits per heavy atom. The minimum Gasteiger partial charge on any atom is -0.469 e. The maximum Gasteiger partial charge on any atom is 0.407 e. The number of aromatic nitrogens is 1. The van der Waals surface area contributed by atoms with Crippen LogP contribution in [0.4, 0.5) is 10.5 Å². The number of methoxy groups -OCH3 is 1. The Balaban J connectivity index is 1.41. The largest absolute Gasteiger partial charge is 0.469 e. The molecule has 4 rings (SSSR count). The van der Waals surface area contributed by atoms with Crippen LogP contribution in [0.5, 0.6) is 0 Å². The molecule has 0 bridgehead atoms. The van der Waals surface area contributed by atoms with Crippen LogP contribution in [0.15, 0.2) is 78.9 Å². The third-order valence-electron chi connectivity index (χ3n) is 7.11. The van der Waals surface area contributed by atoms with Gasteiger partial charge >= 0.3 is 12.1 Å². The van der Waals surface area contributed by atoms with Crippen LogP contribution in [0.25, 0.3) is 10.9 Å². The van der Waals surface area contributed by atoms with E-state index in [-0.39, 0.29) is 32.0 Å². The van der Waals surface area contributed by atoms with Crippen LogP contribution < -0.4 is 16.0 Å². The number of carbonyl (C=O) groups excluding carboxylic acids is 4. The monoisotopic (exact) mass is 618 g/mol. The Labute approximate surface area is 260 Å². The number of nitrogens with zero attached hydrogens (tertiary/aromatic N) is 1. The fourth-order valence-electron chi connectivity index (χ4n) is 4.75. The number of hydrogen-bond acceptors (Lipinski definition) is 6. The molecule has 0 unspecified atom stereocenters. The number of ether oxygens (including phenoxy) is 2. The number of carbonyl (C=O) groups is 4. The maximum atomic E-state index is 13.6. The molecule has 1 heterocycles. The van der Waals surface area contributed by atoms with Crippen LogP contribution in [0, 0.1) is 0 Å². The number of benzene rings is 3. The van der Waals surface area contributed by atoms with Crippen LogP contribution in [0.2, 0.25) is 5.02 Å². The zero-order chi connectivity index (χ0) is 31.5. The van der Waals surface area contributed by atoms with E-state index in [1.807, 2.05) is 36.4 Å². The molecule has 0 radical (unpaired) electrons. The fraction of sp³-hybridized carbons (Fsp3) is 0.273. The summed E-state index contributed by atoms with van der Waals surface area (Å²) in [5.74, 6) is -1.19. The SMILES string of the molecule is COC(=O)CCc1ccccc1NC(=O)[C@H](CCCNC(=O)OCc1cccc(Cl)c1)NC(=O)c1cc2ccccc2n1C. The highest BCUT2D eigenvalue weighted by molar-refractivity contribution is 6.30. The summed E-state index contributed by atoms with van der Waals surface area (Å²) >= 11 is 5.98. The Morgan fingerprint density at radius 1 is 0.955 bits per heavy atom. The molecular formula is C33H35ClN4O6. The molecule has 3 aromatic carbocycles. The van der Waals surface area contributed by atoms with Gasteiger partial charge in [0, 0.05) is 41.6 Å². The first-order valence-corrected chi connectivity index (χ1v) is 14.6. The lowest BCUT2D eigenvalue weighted by Gasteiger charge is -2.20. The molecule has 10 nitrogen and oxygen atoms in total. The number of anilines is 1. The number of halogens is 1. The summed E-state index contributed by atoms with van der Waals surface area (Å²) in [5, 5.41) is 9.91. The van der Waals surface area contributed by atoms with Crippen LogP contribution in [0.3, 0.4) is 0 Å². The van der Waals surface area contributed by atoms with Crippen molar-refractivity contribution in [2.75, 3.05) is 19.0 Å². The van der Waals surface area contributed by atoms with E-state index in [1.165, 1.54) is 7.11 Å². The smallest absolute Gasteiger partial charge is 0.407 e. The van der Waals surface area contributed by atoms with Crippen molar-refractivity contribution < 1.29 is 28.7 Å². The molecule has 11 heteroatoms. The summed E-state index contributed by atoms with van der Waals surface area (Å²) in [6.45, 7) is 0.283. The van der Waals surface area contributed by atoms with E-state index in [0.29, 0.717) is 29.2 Å². The van der Waals surface area contributed by atoms with Gasteiger partial charge in [0.15, 0.2) is 0 Å². The molecule has 0 saturated carbocycles. The molecule has 0 fully saturated rings. The van der Waals surface area contributed by atoms with Crippen molar-refractivity contribution in [2.45, 2.75) is 38.3 Å². The van der Waals surface area contributed by atoms with E-state index >= 15 is 0 Å². The Bertz CT molecular complexity index is 1640. The number of amides is 3. The predicted octanol–water partition coefficient (Wildman–Crippen LogP) is 5.38. The van der Waals surface area contributed by atoms with Gasteiger partial charge in [-0.05, 0) is 60.7 Å². The van der Waals surface area contributed by atoms with Gasteiger partial charge in [-0.1, -0.05) is 60.1 Å². The highest BCUT2D eigenvalue weighted by atomic mass is 35.5. The first-order chi connectivity index (χ1) is 21.2. The maximum absolute atomic E-state index is 13.6. The normalized spacial score (nSPS) is 11.4. The summed E-state index contributed by atoms with van der Waals surface area (Å²) in [7, 11) is 3.12. The van der Waals surface area contributed by atoms with Crippen LogP contribution in [-0.4, -0.2) is 48.1 Å². The van der Waals surface area contributed by atoms with Crippen molar-refractivity contribution in [3.63, 3.8) is 0 Å². The Hall–Kier alpha value is -4.83. The zero-order valence-corrected chi connectivity index (χ0v) is 25.4. The average molecular weight is 619 g/mol. The van der Waals surface area contributed by atoms with Gasteiger partial charge in [-0.2, -0.15) is 0 Å². The lowest BCUT2D eigenvalue weighted by molar-refractivity contribution is -0.140. The number of nitrogens with one attached hydrogen (secondary N) is 3. The van der Waals surface area contributed by atoms with Crippen molar-refractivity contribution in [1.82, 2.24) is 15.2 Å². The number of fused-ring (bicyclic) bond motifs is 1. The van der Waals surface area contributed by atoms with Gasteiger partial charge in [0.2, 0.25) is 5.91 Å². The van der Waals surface area contributed by atoms with Gasteiger partial charge in [-0.15, -0.1) is 0 Å². The molecule has 230 valence electrons. The summed E-state index contributed by atoms with van der Waals surface area (Å²) in [4.78, 5) is 50.9. The predicted molar refractivity (Wildman–Crippen MR) is 168 cm³/mol. The zero-order valence-electron chi connectivity index (χ0n) is 24.6. The standard InChI is InChI=1S/C33H35ClN4O6/c1-38-28-15-6-4-11-24(28)20-29(38)32(41)37-27(14-8-18-35-33(42)44-21-22-9-7-12-25(34)19-22)31(40)36-26-13-5-3-10-23(26)16-17-30(39)43-2/h3-7,9-13,15,19-20,27H,8,14,16-18,21H2,1-2H3,(H,35,42)(H,36,40)(H,37,41)/t27-/m0/s1. The van der Waals surface area contributed by atoms with E-state index in [9.17, 15) is 19.2 Å². The van der Waals surface area contributed by atoms with E-state index in [2.05, 4.69) is 16.0 Å². The second-order valence-corrected chi connectivity index (χ2v) is 10.6. The first-order valence-electron chi connectivity index (χ1n) is 14.2. The van der Waals surface area contributed by atoms with Crippen molar-refractivity contribution in [2.24, 2.45) is 7.05 Å². The molecule has 4 aromatic rings. The third-order valence-corrected chi connectivity index (χ3v) is 7.34. The van der Waals surface area contributed by atoms with Gasteiger partial charge in [0.1, 0.15) is 18.3 Å². The molecule has 0 saturated heterocycles. The lowest BCUT2D eigenvalue weighted by Crippen LogP contribution is -2.44. The van der Waals surface area contributed by atoms with Gasteiger partial charge in [0.25, 0.3) is 5.91 Å².